The lowest BCUT2D eigenvalue weighted by Crippen LogP contribution is -2.13. The monoisotopic (exact) mass is 381 g/mol. The summed E-state index contributed by atoms with van der Waals surface area (Å²) in [7, 11) is -3.96. The van der Waals surface area contributed by atoms with Crippen LogP contribution in [0.25, 0.3) is 10.9 Å². The van der Waals surface area contributed by atoms with Crippen LogP contribution in [0.2, 0.25) is 0 Å². The van der Waals surface area contributed by atoms with Crippen molar-refractivity contribution >= 4 is 32.3 Å². The van der Waals surface area contributed by atoms with Crippen LogP contribution in [-0.4, -0.2) is 19.9 Å². The maximum absolute atomic E-state index is 12.8. The Labute approximate surface area is 147 Å². The maximum Gasteiger partial charge on any atom is 0.416 e. The normalized spacial score (nSPS) is 14.3. The first-order valence-electron chi connectivity index (χ1n) is 7.83. The fraction of sp³-hybridized carbons (Fsp3) is 0.176. The molecule has 3 aromatic rings. The molecule has 0 unspecified atom stereocenters. The second kappa shape index (κ2) is 5.66. The van der Waals surface area contributed by atoms with E-state index in [2.05, 4.69) is 15.0 Å². The zero-order chi connectivity index (χ0) is 18.5. The topological polar surface area (TPSA) is 74.0 Å². The van der Waals surface area contributed by atoms with Gasteiger partial charge in [-0.3, -0.25) is 4.72 Å². The highest BCUT2D eigenvalue weighted by atomic mass is 32.2. The summed E-state index contributed by atoms with van der Waals surface area (Å²) in [5.74, 6) is 0. The fourth-order valence-electron chi connectivity index (χ4n) is 3.14. The van der Waals surface area contributed by atoms with Crippen LogP contribution >= 0.6 is 0 Å². The van der Waals surface area contributed by atoms with Gasteiger partial charge in [-0.25, -0.2) is 8.42 Å². The zero-order valence-electron chi connectivity index (χ0n) is 13.3. The average molecular weight is 381 g/mol. The Hall–Kier alpha value is -2.68. The van der Waals surface area contributed by atoms with E-state index in [1.807, 2.05) is 6.07 Å². The van der Waals surface area contributed by atoms with Crippen molar-refractivity contribution in [2.75, 3.05) is 16.6 Å². The summed E-state index contributed by atoms with van der Waals surface area (Å²) in [6.07, 6.45) is -2.60. The lowest BCUT2D eigenvalue weighted by Gasteiger charge is -2.11. The molecule has 0 saturated heterocycles. The van der Waals surface area contributed by atoms with Gasteiger partial charge >= 0.3 is 6.18 Å². The molecule has 0 saturated carbocycles. The van der Waals surface area contributed by atoms with Crippen LogP contribution in [0.1, 0.15) is 11.1 Å². The highest BCUT2D eigenvalue weighted by Crippen LogP contribution is 2.34. The number of hydrogen-bond donors (Lipinski definition) is 3. The minimum atomic E-state index is -4.49. The predicted molar refractivity (Wildman–Crippen MR) is 92.7 cm³/mol. The molecular weight excluding hydrogens is 367 g/mol. The van der Waals surface area contributed by atoms with Gasteiger partial charge in [0, 0.05) is 34.9 Å². The third-order valence-electron chi connectivity index (χ3n) is 4.37. The summed E-state index contributed by atoms with van der Waals surface area (Å²) >= 11 is 0. The van der Waals surface area contributed by atoms with Gasteiger partial charge in [0.25, 0.3) is 10.0 Å². The van der Waals surface area contributed by atoms with Gasteiger partial charge in [-0.15, -0.1) is 0 Å². The van der Waals surface area contributed by atoms with E-state index < -0.39 is 21.8 Å². The molecule has 0 fully saturated rings. The van der Waals surface area contributed by atoms with E-state index in [1.54, 1.807) is 12.1 Å². The molecule has 1 aromatic heterocycles. The van der Waals surface area contributed by atoms with E-state index in [1.165, 1.54) is 12.3 Å². The average Bonchev–Trinajstić information content (AvgIpc) is 3.20. The molecule has 5 nitrogen and oxygen atoms in total. The van der Waals surface area contributed by atoms with Gasteiger partial charge in [-0.2, -0.15) is 13.2 Å². The molecule has 0 amide bonds. The summed E-state index contributed by atoms with van der Waals surface area (Å²) in [4.78, 5) is 2.52. The number of halogens is 3. The molecule has 2 aromatic carbocycles. The smallest absolute Gasteiger partial charge is 0.384 e. The van der Waals surface area contributed by atoms with Gasteiger partial charge in [0.2, 0.25) is 0 Å². The van der Waals surface area contributed by atoms with Crippen molar-refractivity contribution in [3.05, 3.63) is 53.7 Å². The Balaban J connectivity index is 1.74. The summed E-state index contributed by atoms with van der Waals surface area (Å²) in [6.45, 7) is 0.724. The quantitative estimate of drug-likeness (QED) is 0.643. The number of nitrogens with one attached hydrogen (secondary N) is 3. The maximum atomic E-state index is 12.8. The van der Waals surface area contributed by atoms with Crippen molar-refractivity contribution in [3.63, 3.8) is 0 Å². The van der Waals surface area contributed by atoms with Crippen LogP contribution in [-0.2, 0) is 22.6 Å². The van der Waals surface area contributed by atoms with Crippen molar-refractivity contribution in [1.29, 1.82) is 0 Å². The van der Waals surface area contributed by atoms with Crippen molar-refractivity contribution in [2.24, 2.45) is 0 Å². The van der Waals surface area contributed by atoms with Crippen molar-refractivity contribution < 1.29 is 21.6 Å². The number of hydrogen-bond acceptors (Lipinski definition) is 3. The van der Waals surface area contributed by atoms with E-state index >= 15 is 0 Å². The van der Waals surface area contributed by atoms with E-state index in [4.69, 9.17) is 0 Å². The van der Waals surface area contributed by atoms with Crippen LogP contribution in [0.4, 0.5) is 24.5 Å². The van der Waals surface area contributed by atoms with Gasteiger partial charge in [0.15, 0.2) is 0 Å². The summed E-state index contributed by atoms with van der Waals surface area (Å²) < 4.78 is 66.6. The largest absolute Gasteiger partial charge is 0.416 e. The van der Waals surface area contributed by atoms with Crippen LogP contribution in [0.15, 0.2) is 47.5 Å². The summed E-state index contributed by atoms with van der Waals surface area (Å²) in [5.41, 5.74) is 1.49. The number of anilines is 2. The highest BCUT2D eigenvalue weighted by molar-refractivity contribution is 7.93. The third kappa shape index (κ3) is 2.78. The van der Waals surface area contributed by atoms with E-state index in [9.17, 15) is 21.6 Å². The predicted octanol–water partition coefficient (Wildman–Crippen LogP) is 3.96. The molecule has 9 heteroatoms. The molecule has 0 radical (unpaired) electrons. The van der Waals surface area contributed by atoms with Gasteiger partial charge in [0.1, 0.15) is 4.90 Å². The first-order valence-corrected chi connectivity index (χ1v) is 9.31. The molecule has 1 aliphatic rings. The van der Waals surface area contributed by atoms with Gasteiger partial charge < -0.3 is 10.3 Å². The van der Waals surface area contributed by atoms with Crippen LogP contribution in [0.3, 0.4) is 0 Å². The molecule has 2 heterocycles. The van der Waals surface area contributed by atoms with E-state index in [0.29, 0.717) is 12.1 Å². The first kappa shape index (κ1) is 16.8. The Bertz CT molecular complexity index is 1100. The Morgan fingerprint density at radius 3 is 2.69 bits per heavy atom. The number of aromatic amines is 1. The number of rotatable bonds is 3. The second-order valence-corrected chi connectivity index (χ2v) is 7.68. The SMILES string of the molecule is O=S(=O)(Nc1cccc2c1CCN2)c1c[nH]c2cc(C(F)(F)F)ccc12. The van der Waals surface area contributed by atoms with Gasteiger partial charge in [0.05, 0.1) is 11.3 Å². The molecule has 26 heavy (non-hydrogen) atoms. The zero-order valence-corrected chi connectivity index (χ0v) is 14.1. The molecule has 4 rings (SSSR count). The number of fused-ring (bicyclic) bond motifs is 2. The highest BCUT2D eigenvalue weighted by Gasteiger charge is 2.31. The van der Waals surface area contributed by atoms with Crippen LogP contribution < -0.4 is 10.0 Å². The van der Waals surface area contributed by atoms with Crippen molar-refractivity contribution in [1.82, 2.24) is 4.98 Å². The molecule has 1 aliphatic heterocycles. The minimum absolute atomic E-state index is 0.0928. The minimum Gasteiger partial charge on any atom is -0.384 e. The van der Waals surface area contributed by atoms with Gasteiger partial charge in [-0.1, -0.05) is 12.1 Å². The summed E-state index contributed by atoms with van der Waals surface area (Å²) in [6, 6.07) is 8.21. The Morgan fingerprint density at radius 1 is 1.12 bits per heavy atom. The molecular formula is C17H14F3N3O2S. The number of H-pyrrole nitrogens is 1. The Morgan fingerprint density at radius 2 is 1.92 bits per heavy atom. The molecule has 3 N–H and O–H groups in total. The van der Waals surface area contributed by atoms with E-state index in [-0.39, 0.29) is 15.8 Å². The summed E-state index contributed by atoms with van der Waals surface area (Å²) in [5, 5.41) is 3.37. The molecule has 0 spiro atoms. The number of alkyl halides is 3. The fourth-order valence-corrected chi connectivity index (χ4v) is 4.41. The van der Waals surface area contributed by atoms with E-state index in [0.717, 1.165) is 29.9 Å². The lowest BCUT2D eigenvalue weighted by atomic mass is 10.1. The first-order chi connectivity index (χ1) is 12.3. The molecule has 0 bridgehead atoms. The Kier molecular flexibility index (Phi) is 3.65. The standard InChI is InChI=1S/C17H14F3N3O2S/c18-17(19,20)10-4-5-12-15(8-10)22-9-16(12)26(24,25)23-14-3-1-2-13-11(14)6-7-21-13/h1-5,8-9,21-23H,6-7H2. The molecule has 136 valence electrons. The van der Waals surface area contributed by atoms with Crippen molar-refractivity contribution in [3.8, 4) is 0 Å². The molecule has 0 aliphatic carbocycles. The second-order valence-electron chi connectivity index (χ2n) is 6.03. The lowest BCUT2D eigenvalue weighted by molar-refractivity contribution is -0.137. The van der Waals surface area contributed by atoms with Crippen molar-refractivity contribution in [2.45, 2.75) is 17.5 Å². The number of benzene rings is 2. The number of aromatic nitrogens is 1. The third-order valence-corrected chi connectivity index (χ3v) is 5.78. The number of sulfonamides is 1. The van der Waals surface area contributed by atoms with Gasteiger partial charge in [-0.05, 0) is 30.7 Å². The van der Waals surface area contributed by atoms with Crippen LogP contribution in [0.5, 0.6) is 0 Å². The molecule has 0 atom stereocenters. The van der Waals surface area contributed by atoms with Crippen LogP contribution in [0, 0.1) is 0 Å².